The molecule has 10 heteroatoms. The van der Waals surface area contributed by atoms with Crippen molar-refractivity contribution in [1.29, 1.82) is 0 Å². The Balaban J connectivity index is 2.29. The molecule has 0 amide bonds. The Kier molecular flexibility index (Phi) is 2.43. The van der Waals surface area contributed by atoms with Crippen LogP contribution in [-0.2, 0) is 6.18 Å². The van der Waals surface area contributed by atoms with Crippen LogP contribution in [0.2, 0.25) is 0 Å². The third kappa shape index (κ3) is 1.76. The first-order chi connectivity index (χ1) is 9.38. The second-order valence-electron chi connectivity index (χ2n) is 4.13. The van der Waals surface area contributed by atoms with E-state index in [2.05, 4.69) is 25.5 Å². The number of nitrogens with zero attached hydrogens (tertiary/aromatic N) is 5. The lowest BCUT2D eigenvalue weighted by molar-refractivity contribution is -0.140. The van der Waals surface area contributed by atoms with E-state index in [4.69, 9.17) is 5.73 Å². The average Bonchev–Trinajstić information content (AvgIpc) is 2.91. The van der Waals surface area contributed by atoms with Crippen LogP contribution in [0, 0.1) is 6.92 Å². The number of rotatable bonds is 1. The van der Waals surface area contributed by atoms with Crippen LogP contribution in [-0.4, -0.2) is 30.2 Å². The maximum absolute atomic E-state index is 13.0. The summed E-state index contributed by atoms with van der Waals surface area (Å²) in [7, 11) is 0. The van der Waals surface area contributed by atoms with Crippen LogP contribution in [0.15, 0.2) is 12.1 Å². The smallest absolute Gasteiger partial charge is 0.383 e. The summed E-state index contributed by atoms with van der Waals surface area (Å²) >= 11 is 0. The molecule has 0 saturated carbocycles. The summed E-state index contributed by atoms with van der Waals surface area (Å²) in [4.78, 5) is 0. The summed E-state index contributed by atoms with van der Waals surface area (Å²) < 4.78 is 39.8. The van der Waals surface area contributed by atoms with Crippen LogP contribution < -0.4 is 5.73 Å². The summed E-state index contributed by atoms with van der Waals surface area (Å²) in [6, 6.07) is 3.11. The number of hydrogen-bond donors (Lipinski definition) is 2. The van der Waals surface area contributed by atoms with Gasteiger partial charge in [-0.25, -0.2) is 0 Å². The van der Waals surface area contributed by atoms with Crippen molar-refractivity contribution in [3.05, 3.63) is 23.5 Å². The van der Waals surface area contributed by atoms with E-state index in [1.807, 2.05) is 0 Å². The number of halogens is 3. The molecule has 20 heavy (non-hydrogen) atoms. The highest BCUT2D eigenvalue weighted by atomic mass is 19.4. The molecule has 3 aromatic rings. The molecule has 0 radical (unpaired) electrons. The largest absolute Gasteiger partial charge is 0.436 e. The van der Waals surface area contributed by atoms with Crippen molar-refractivity contribution in [2.24, 2.45) is 0 Å². The van der Waals surface area contributed by atoms with E-state index in [0.717, 1.165) is 4.68 Å². The lowest BCUT2D eigenvalue weighted by atomic mass is 10.3. The number of fused-ring (bicyclic) bond motifs is 1. The fourth-order valence-corrected chi connectivity index (χ4v) is 1.79. The van der Waals surface area contributed by atoms with Crippen LogP contribution >= 0.6 is 0 Å². The Labute approximate surface area is 109 Å². The van der Waals surface area contributed by atoms with Crippen molar-refractivity contribution in [2.75, 3.05) is 5.73 Å². The van der Waals surface area contributed by atoms with Crippen LogP contribution in [0.4, 0.5) is 19.0 Å². The molecule has 0 aromatic carbocycles. The highest BCUT2D eigenvalue weighted by molar-refractivity contribution is 5.90. The van der Waals surface area contributed by atoms with Gasteiger partial charge in [-0.3, -0.25) is 5.10 Å². The van der Waals surface area contributed by atoms with Crippen molar-refractivity contribution < 1.29 is 13.2 Å². The molecule has 0 aliphatic heterocycles. The zero-order valence-corrected chi connectivity index (χ0v) is 10.1. The van der Waals surface area contributed by atoms with E-state index in [1.165, 1.54) is 6.07 Å². The van der Waals surface area contributed by atoms with Gasteiger partial charge in [-0.1, -0.05) is 0 Å². The number of nitrogen functional groups attached to an aromatic ring is 1. The molecular formula is C10H8F3N7. The van der Waals surface area contributed by atoms with E-state index < -0.39 is 11.9 Å². The van der Waals surface area contributed by atoms with Gasteiger partial charge in [-0.15, -0.1) is 5.10 Å². The maximum Gasteiger partial charge on any atom is 0.436 e. The van der Waals surface area contributed by atoms with Gasteiger partial charge in [0.15, 0.2) is 17.2 Å². The third-order valence-electron chi connectivity index (χ3n) is 2.68. The molecule has 0 fully saturated rings. The molecule has 0 aliphatic carbocycles. The quantitative estimate of drug-likeness (QED) is 0.704. The molecule has 0 atom stereocenters. The molecule has 7 nitrogen and oxygen atoms in total. The zero-order valence-electron chi connectivity index (χ0n) is 10.1. The molecule has 0 aliphatic rings. The molecule has 0 spiro atoms. The van der Waals surface area contributed by atoms with Gasteiger partial charge in [-0.2, -0.15) is 33.1 Å². The minimum Gasteiger partial charge on any atom is -0.383 e. The fraction of sp³-hybridized carbons (Fsp3) is 0.200. The summed E-state index contributed by atoms with van der Waals surface area (Å²) in [5, 5.41) is 16.8. The van der Waals surface area contributed by atoms with Gasteiger partial charge < -0.3 is 5.73 Å². The number of aryl methyl sites for hydroxylation is 1. The number of H-pyrrole nitrogens is 1. The minimum atomic E-state index is -4.64. The monoisotopic (exact) mass is 283 g/mol. The second-order valence-corrected chi connectivity index (χ2v) is 4.13. The van der Waals surface area contributed by atoms with Crippen molar-refractivity contribution >= 4 is 16.9 Å². The lowest BCUT2D eigenvalue weighted by Gasteiger charge is -2.02. The van der Waals surface area contributed by atoms with Crippen molar-refractivity contribution in [3.8, 4) is 5.82 Å². The zero-order chi connectivity index (χ0) is 14.5. The Morgan fingerprint density at radius 1 is 1.25 bits per heavy atom. The summed E-state index contributed by atoms with van der Waals surface area (Å²) in [5.41, 5.74) is 4.96. The van der Waals surface area contributed by atoms with E-state index >= 15 is 0 Å². The standard InChI is InChI=1S/C10H8F3N7/c1-4-2-3-5(16-15-4)20-9-6(8(14)17-18-9)7(19-20)10(11,12)13/h2-3H,1H3,(H3,14,17,18). The van der Waals surface area contributed by atoms with Crippen LogP contribution in [0.5, 0.6) is 0 Å². The Bertz CT molecular complexity index is 769. The van der Waals surface area contributed by atoms with Gasteiger partial charge in [0.1, 0.15) is 5.82 Å². The first kappa shape index (κ1) is 12.4. The van der Waals surface area contributed by atoms with Gasteiger partial charge in [0.25, 0.3) is 0 Å². The number of aromatic nitrogens is 6. The van der Waals surface area contributed by atoms with Gasteiger partial charge in [-0.05, 0) is 19.1 Å². The number of nitrogens with one attached hydrogen (secondary N) is 1. The van der Waals surface area contributed by atoms with Gasteiger partial charge in [0, 0.05) is 0 Å². The van der Waals surface area contributed by atoms with Crippen molar-refractivity contribution in [1.82, 2.24) is 30.2 Å². The minimum absolute atomic E-state index is 0.0482. The molecule has 3 heterocycles. The third-order valence-corrected chi connectivity index (χ3v) is 2.68. The number of anilines is 1. The maximum atomic E-state index is 13.0. The van der Waals surface area contributed by atoms with Crippen molar-refractivity contribution in [3.63, 3.8) is 0 Å². The Hall–Kier alpha value is -2.65. The highest BCUT2D eigenvalue weighted by Gasteiger charge is 2.39. The summed E-state index contributed by atoms with van der Waals surface area (Å²) in [5.74, 6) is -0.0683. The predicted octanol–water partition coefficient (Wildman–Crippen LogP) is 1.45. The number of aromatic amines is 1. The second kappa shape index (κ2) is 3.92. The molecule has 104 valence electrons. The molecule has 0 unspecified atom stereocenters. The number of hydrogen-bond acceptors (Lipinski definition) is 5. The Morgan fingerprint density at radius 3 is 2.60 bits per heavy atom. The van der Waals surface area contributed by atoms with E-state index in [1.54, 1.807) is 13.0 Å². The number of alkyl halides is 3. The topological polar surface area (TPSA) is 98.3 Å². The van der Waals surface area contributed by atoms with Crippen LogP contribution in [0.25, 0.3) is 16.9 Å². The summed E-state index contributed by atoms with van der Waals surface area (Å²) in [6.45, 7) is 1.71. The molecule has 0 saturated heterocycles. The van der Waals surface area contributed by atoms with E-state index in [-0.39, 0.29) is 22.7 Å². The van der Waals surface area contributed by atoms with Crippen LogP contribution in [0.1, 0.15) is 11.4 Å². The Morgan fingerprint density at radius 2 is 2.00 bits per heavy atom. The first-order valence-corrected chi connectivity index (χ1v) is 5.48. The summed E-state index contributed by atoms with van der Waals surface area (Å²) in [6.07, 6.45) is -4.64. The lowest BCUT2D eigenvalue weighted by Crippen LogP contribution is -2.09. The van der Waals surface area contributed by atoms with Gasteiger partial charge in [0.05, 0.1) is 11.1 Å². The average molecular weight is 283 g/mol. The molecule has 3 aromatic heterocycles. The SMILES string of the molecule is Cc1ccc(-n2nc(C(F)(F)F)c3c(N)[nH]nc32)nn1. The number of nitrogens with two attached hydrogens (primary N) is 1. The van der Waals surface area contributed by atoms with Gasteiger partial charge in [0.2, 0.25) is 0 Å². The highest BCUT2D eigenvalue weighted by Crippen LogP contribution is 2.36. The fourth-order valence-electron chi connectivity index (χ4n) is 1.79. The van der Waals surface area contributed by atoms with Gasteiger partial charge >= 0.3 is 6.18 Å². The van der Waals surface area contributed by atoms with Crippen molar-refractivity contribution in [2.45, 2.75) is 13.1 Å². The normalized spacial score (nSPS) is 12.2. The van der Waals surface area contributed by atoms with E-state index in [0.29, 0.717) is 5.69 Å². The van der Waals surface area contributed by atoms with E-state index in [9.17, 15) is 13.2 Å². The van der Waals surface area contributed by atoms with Crippen LogP contribution in [0.3, 0.4) is 0 Å². The molecular weight excluding hydrogens is 275 g/mol. The predicted molar refractivity (Wildman–Crippen MR) is 63.0 cm³/mol. The molecule has 0 bridgehead atoms. The molecule has 3 N–H and O–H groups in total. The first-order valence-electron chi connectivity index (χ1n) is 5.48. The molecule has 3 rings (SSSR count).